The van der Waals surface area contributed by atoms with Crippen LogP contribution in [0.1, 0.15) is 31.2 Å². The van der Waals surface area contributed by atoms with Gasteiger partial charge >= 0.3 is 0 Å². The molecule has 1 aromatic rings. The summed E-state index contributed by atoms with van der Waals surface area (Å²) >= 11 is 0. The second-order valence-electron chi connectivity index (χ2n) is 5.40. The Morgan fingerprint density at radius 1 is 1.38 bits per heavy atom. The molecule has 7 heteroatoms. The highest BCUT2D eigenvalue weighted by Crippen LogP contribution is 2.30. The van der Waals surface area contributed by atoms with Crippen LogP contribution in [-0.2, 0) is 10.0 Å². The fraction of sp³-hybridized carbons (Fsp3) is 0.571. The maximum absolute atomic E-state index is 13.8. The Hall–Kier alpha value is -1.18. The molecule has 0 atom stereocenters. The standard InChI is InChI=1S/C14H21FN2O3S/c1-10-13(15)8-12(9-14(10)16)21(19,20)17(6-7-18)11-4-2-3-5-11/h8-9,11,18H,2-7,16H2,1H3. The van der Waals surface area contributed by atoms with Gasteiger partial charge < -0.3 is 10.8 Å². The van der Waals surface area contributed by atoms with E-state index in [9.17, 15) is 12.8 Å². The van der Waals surface area contributed by atoms with Crippen LogP contribution in [-0.4, -0.2) is 37.0 Å². The van der Waals surface area contributed by atoms with Gasteiger partial charge in [-0.2, -0.15) is 4.31 Å². The van der Waals surface area contributed by atoms with Gasteiger partial charge in [0.25, 0.3) is 0 Å². The first-order valence-corrected chi connectivity index (χ1v) is 8.50. The number of nitrogens with zero attached hydrogens (tertiary/aromatic N) is 1. The lowest BCUT2D eigenvalue weighted by atomic mass is 10.2. The predicted molar refractivity (Wildman–Crippen MR) is 78.8 cm³/mol. The Kier molecular flexibility index (Phi) is 4.85. The van der Waals surface area contributed by atoms with E-state index in [4.69, 9.17) is 10.8 Å². The van der Waals surface area contributed by atoms with Crippen molar-refractivity contribution in [1.29, 1.82) is 0 Å². The van der Waals surface area contributed by atoms with Gasteiger partial charge in [-0.05, 0) is 31.9 Å². The van der Waals surface area contributed by atoms with Crippen LogP contribution in [0, 0.1) is 12.7 Å². The second kappa shape index (κ2) is 6.29. The van der Waals surface area contributed by atoms with Crippen LogP contribution in [0.5, 0.6) is 0 Å². The number of aliphatic hydroxyl groups excluding tert-OH is 1. The zero-order valence-electron chi connectivity index (χ0n) is 12.0. The Labute approximate surface area is 124 Å². The first-order valence-electron chi connectivity index (χ1n) is 7.06. The summed E-state index contributed by atoms with van der Waals surface area (Å²) in [6.07, 6.45) is 3.46. The van der Waals surface area contributed by atoms with Gasteiger partial charge in [0, 0.05) is 23.8 Å². The molecule has 0 amide bonds. The highest BCUT2D eigenvalue weighted by molar-refractivity contribution is 7.89. The van der Waals surface area contributed by atoms with Crippen molar-refractivity contribution in [3.63, 3.8) is 0 Å². The maximum atomic E-state index is 13.8. The summed E-state index contributed by atoms with van der Waals surface area (Å²) in [5.41, 5.74) is 6.03. The number of hydrogen-bond acceptors (Lipinski definition) is 4. The molecule has 0 saturated heterocycles. The first-order chi connectivity index (χ1) is 9.87. The molecule has 1 fully saturated rings. The number of nitrogens with two attached hydrogens (primary N) is 1. The van der Waals surface area contributed by atoms with Gasteiger partial charge in [-0.25, -0.2) is 12.8 Å². The molecule has 0 aromatic heterocycles. The van der Waals surface area contributed by atoms with Crippen molar-refractivity contribution in [2.75, 3.05) is 18.9 Å². The minimum atomic E-state index is -3.86. The number of nitrogen functional groups attached to an aromatic ring is 1. The summed E-state index contributed by atoms with van der Waals surface area (Å²) in [6.45, 7) is 1.26. The van der Waals surface area contributed by atoms with Crippen molar-refractivity contribution < 1.29 is 17.9 Å². The molecule has 1 saturated carbocycles. The third-order valence-electron chi connectivity index (χ3n) is 4.02. The Bertz CT molecular complexity index is 590. The number of rotatable bonds is 5. The molecular weight excluding hydrogens is 295 g/mol. The van der Waals surface area contributed by atoms with Crippen molar-refractivity contribution in [3.05, 3.63) is 23.5 Å². The third-order valence-corrected chi connectivity index (χ3v) is 5.95. The number of halogens is 1. The zero-order chi connectivity index (χ0) is 15.6. The van der Waals surface area contributed by atoms with E-state index in [-0.39, 0.29) is 35.3 Å². The monoisotopic (exact) mass is 316 g/mol. The van der Waals surface area contributed by atoms with Gasteiger partial charge in [-0.3, -0.25) is 0 Å². The summed E-state index contributed by atoms with van der Waals surface area (Å²) in [4.78, 5) is -0.150. The van der Waals surface area contributed by atoms with Crippen molar-refractivity contribution in [2.45, 2.75) is 43.5 Å². The quantitative estimate of drug-likeness (QED) is 0.809. The lowest BCUT2D eigenvalue weighted by Gasteiger charge is -2.27. The van der Waals surface area contributed by atoms with Crippen molar-refractivity contribution in [1.82, 2.24) is 4.31 Å². The normalized spacial score (nSPS) is 16.8. The van der Waals surface area contributed by atoms with Crippen LogP contribution in [0.25, 0.3) is 0 Å². The minimum absolute atomic E-state index is 0.0163. The zero-order valence-corrected chi connectivity index (χ0v) is 12.9. The van der Waals surface area contributed by atoms with E-state index in [1.807, 2.05) is 0 Å². The van der Waals surface area contributed by atoms with Crippen molar-refractivity contribution >= 4 is 15.7 Å². The molecule has 0 heterocycles. The smallest absolute Gasteiger partial charge is 0.243 e. The fourth-order valence-electron chi connectivity index (χ4n) is 2.75. The van der Waals surface area contributed by atoms with E-state index in [2.05, 4.69) is 0 Å². The van der Waals surface area contributed by atoms with Gasteiger partial charge in [0.2, 0.25) is 10.0 Å². The third kappa shape index (κ3) is 3.20. The van der Waals surface area contributed by atoms with E-state index >= 15 is 0 Å². The van der Waals surface area contributed by atoms with Crippen LogP contribution in [0.2, 0.25) is 0 Å². The molecule has 0 bridgehead atoms. The number of sulfonamides is 1. The van der Waals surface area contributed by atoms with Crippen LogP contribution >= 0.6 is 0 Å². The Morgan fingerprint density at radius 3 is 2.52 bits per heavy atom. The summed E-state index contributed by atoms with van der Waals surface area (Å²) < 4.78 is 40.5. The number of aliphatic hydroxyl groups is 1. The highest BCUT2D eigenvalue weighted by atomic mass is 32.2. The Balaban J connectivity index is 2.42. The summed E-state index contributed by atoms with van der Waals surface area (Å²) in [5.74, 6) is -0.635. The molecule has 0 radical (unpaired) electrons. The van der Waals surface area contributed by atoms with E-state index in [1.165, 1.54) is 17.3 Å². The van der Waals surface area contributed by atoms with Gasteiger partial charge in [-0.1, -0.05) is 12.8 Å². The highest BCUT2D eigenvalue weighted by Gasteiger charge is 2.33. The van der Waals surface area contributed by atoms with Gasteiger partial charge in [0.1, 0.15) is 5.82 Å². The van der Waals surface area contributed by atoms with Crippen molar-refractivity contribution in [3.8, 4) is 0 Å². The first kappa shape index (κ1) is 16.2. The van der Waals surface area contributed by atoms with E-state index < -0.39 is 15.8 Å². The summed E-state index contributed by atoms with van der Waals surface area (Å²) in [5, 5.41) is 9.16. The molecule has 1 aromatic carbocycles. The van der Waals surface area contributed by atoms with Gasteiger partial charge in [-0.15, -0.1) is 0 Å². The van der Waals surface area contributed by atoms with Crippen LogP contribution in [0.4, 0.5) is 10.1 Å². The topological polar surface area (TPSA) is 83.6 Å². The van der Waals surface area contributed by atoms with Crippen LogP contribution < -0.4 is 5.73 Å². The average Bonchev–Trinajstić information content (AvgIpc) is 2.95. The summed E-state index contributed by atoms with van der Waals surface area (Å²) in [6, 6.07) is 2.15. The maximum Gasteiger partial charge on any atom is 0.243 e. The molecule has 21 heavy (non-hydrogen) atoms. The molecular formula is C14H21FN2O3S. The average molecular weight is 316 g/mol. The SMILES string of the molecule is Cc1c(N)cc(S(=O)(=O)N(CCO)C2CCCC2)cc1F. The molecule has 2 rings (SSSR count). The number of hydrogen-bond donors (Lipinski definition) is 2. The minimum Gasteiger partial charge on any atom is -0.398 e. The molecule has 1 aliphatic carbocycles. The molecule has 0 spiro atoms. The largest absolute Gasteiger partial charge is 0.398 e. The molecule has 1 aliphatic rings. The lowest BCUT2D eigenvalue weighted by Crippen LogP contribution is -2.40. The van der Waals surface area contributed by atoms with E-state index in [1.54, 1.807) is 0 Å². The number of anilines is 1. The molecule has 0 aliphatic heterocycles. The molecule has 0 unspecified atom stereocenters. The van der Waals surface area contributed by atoms with Crippen LogP contribution in [0.15, 0.2) is 17.0 Å². The number of benzene rings is 1. The summed E-state index contributed by atoms with van der Waals surface area (Å²) in [7, 11) is -3.86. The molecule has 5 nitrogen and oxygen atoms in total. The second-order valence-corrected chi connectivity index (χ2v) is 7.29. The lowest BCUT2D eigenvalue weighted by molar-refractivity contribution is 0.226. The predicted octanol–water partition coefficient (Wildman–Crippen LogP) is 1.64. The van der Waals surface area contributed by atoms with Gasteiger partial charge in [0.15, 0.2) is 0 Å². The van der Waals surface area contributed by atoms with Crippen LogP contribution in [0.3, 0.4) is 0 Å². The molecule has 118 valence electrons. The van der Waals surface area contributed by atoms with Crippen molar-refractivity contribution in [2.24, 2.45) is 0 Å². The van der Waals surface area contributed by atoms with E-state index in [0.717, 1.165) is 31.7 Å². The Morgan fingerprint density at radius 2 is 2.00 bits per heavy atom. The van der Waals surface area contributed by atoms with Gasteiger partial charge in [0.05, 0.1) is 11.5 Å². The van der Waals surface area contributed by atoms with E-state index in [0.29, 0.717) is 0 Å². The molecule has 3 N–H and O–H groups in total. The fourth-order valence-corrected chi connectivity index (χ4v) is 4.47.